The summed E-state index contributed by atoms with van der Waals surface area (Å²) in [5.74, 6) is 0.0803. The predicted octanol–water partition coefficient (Wildman–Crippen LogP) is 6.88. The molecule has 0 heterocycles. The van der Waals surface area contributed by atoms with Gasteiger partial charge < -0.3 is 9.16 Å². The minimum atomic E-state index is -2.62. The molecular formula is C30H39N3O2Si. The van der Waals surface area contributed by atoms with Crippen LogP contribution in [0, 0.1) is 5.92 Å². The Bertz CT molecular complexity index is 1040. The van der Waals surface area contributed by atoms with Gasteiger partial charge in [-0.15, -0.1) is 0 Å². The van der Waals surface area contributed by atoms with Gasteiger partial charge in [0.1, 0.15) is 0 Å². The fourth-order valence-corrected chi connectivity index (χ4v) is 9.48. The monoisotopic (exact) mass is 501 g/mol. The molecule has 0 aliphatic rings. The standard InChI is InChI=1S/C30H39N3O2Si/c1-25(29(32-33-31)21-14-22-34-24-26-15-8-5-9-16-26)23-35-36(30(2,3)4,27-17-10-6-11-18-27)28-19-12-7-13-20-28/h5-13,15-20,25,29H,14,21-24H2,1-4H3/t25-,29+/m1/s1. The van der Waals surface area contributed by atoms with Gasteiger partial charge in [0.05, 0.1) is 6.61 Å². The second-order valence-corrected chi connectivity index (χ2v) is 14.7. The zero-order valence-electron chi connectivity index (χ0n) is 22.0. The highest BCUT2D eigenvalue weighted by atomic mass is 28.4. The summed E-state index contributed by atoms with van der Waals surface area (Å²) in [6.07, 6.45) is 1.60. The molecule has 3 aromatic rings. The summed E-state index contributed by atoms with van der Waals surface area (Å²) in [6, 6.07) is 31.3. The lowest BCUT2D eigenvalue weighted by Gasteiger charge is -2.43. The molecule has 0 radical (unpaired) electrons. The molecule has 0 spiro atoms. The zero-order chi connectivity index (χ0) is 25.9. The maximum absolute atomic E-state index is 9.25. The molecule has 0 saturated heterocycles. The van der Waals surface area contributed by atoms with Gasteiger partial charge in [-0.1, -0.05) is 124 Å². The van der Waals surface area contributed by atoms with Crippen molar-refractivity contribution in [3.8, 4) is 0 Å². The molecule has 0 saturated carbocycles. The summed E-state index contributed by atoms with van der Waals surface area (Å²) >= 11 is 0. The summed E-state index contributed by atoms with van der Waals surface area (Å²) in [7, 11) is -2.62. The van der Waals surface area contributed by atoms with E-state index in [0.29, 0.717) is 19.8 Å². The molecule has 0 aliphatic carbocycles. The second kappa shape index (κ2) is 13.4. The van der Waals surface area contributed by atoms with Crippen LogP contribution in [0.15, 0.2) is 96.1 Å². The Labute approximate surface area is 217 Å². The maximum Gasteiger partial charge on any atom is 0.261 e. The largest absolute Gasteiger partial charge is 0.407 e. The first-order chi connectivity index (χ1) is 17.4. The number of azide groups is 1. The Kier molecular flexibility index (Phi) is 10.3. The van der Waals surface area contributed by atoms with E-state index in [4.69, 9.17) is 9.16 Å². The lowest BCUT2D eigenvalue weighted by atomic mass is 9.99. The van der Waals surface area contributed by atoms with E-state index in [0.717, 1.165) is 18.4 Å². The van der Waals surface area contributed by atoms with E-state index >= 15 is 0 Å². The van der Waals surface area contributed by atoms with Crippen molar-refractivity contribution >= 4 is 18.7 Å². The summed E-state index contributed by atoms with van der Waals surface area (Å²) in [4.78, 5) is 3.15. The molecule has 3 rings (SSSR count). The van der Waals surface area contributed by atoms with E-state index in [2.05, 4.69) is 111 Å². The maximum atomic E-state index is 9.25. The van der Waals surface area contributed by atoms with Crippen molar-refractivity contribution in [2.24, 2.45) is 11.0 Å². The van der Waals surface area contributed by atoms with Crippen LogP contribution >= 0.6 is 0 Å². The Balaban J connectivity index is 1.71. The molecule has 0 N–H and O–H groups in total. The highest BCUT2D eigenvalue weighted by molar-refractivity contribution is 6.99. The average molecular weight is 502 g/mol. The van der Waals surface area contributed by atoms with Gasteiger partial charge in [0.25, 0.3) is 8.32 Å². The third-order valence-corrected chi connectivity index (χ3v) is 11.7. The van der Waals surface area contributed by atoms with Crippen LogP contribution in [0.3, 0.4) is 0 Å². The van der Waals surface area contributed by atoms with Crippen molar-refractivity contribution in [1.29, 1.82) is 0 Å². The van der Waals surface area contributed by atoms with Crippen LogP contribution in [0.5, 0.6) is 0 Å². The molecule has 0 bridgehead atoms. The van der Waals surface area contributed by atoms with E-state index in [1.54, 1.807) is 0 Å². The number of benzene rings is 3. The van der Waals surface area contributed by atoms with E-state index in [1.807, 2.05) is 18.2 Å². The highest BCUT2D eigenvalue weighted by Gasteiger charge is 2.50. The Morgan fingerprint density at radius 2 is 1.39 bits per heavy atom. The molecule has 36 heavy (non-hydrogen) atoms. The number of ether oxygens (including phenoxy) is 1. The van der Waals surface area contributed by atoms with Gasteiger partial charge in [-0.3, -0.25) is 0 Å². The van der Waals surface area contributed by atoms with Gasteiger partial charge in [0.15, 0.2) is 0 Å². The summed E-state index contributed by atoms with van der Waals surface area (Å²) < 4.78 is 12.9. The van der Waals surface area contributed by atoms with Gasteiger partial charge in [0.2, 0.25) is 0 Å². The fraction of sp³-hybridized carbons (Fsp3) is 0.400. The zero-order valence-corrected chi connectivity index (χ0v) is 23.0. The molecule has 0 aromatic heterocycles. The van der Waals surface area contributed by atoms with Crippen molar-refractivity contribution in [1.82, 2.24) is 0 Å². The van der Waals surface area contributed by atoms with Crippen LogP contribution in [0.2, 0.25) is 5.04 Å². The minimum Gasteiger partial charge on any atom is -0.407 e. The van der Waals surface area contributed by atoms with Gasteiger partial charge >= 0.3 is 0 Å². The van der Waals surface area contributed by atoms with E-state index < -0.39 is 8.32 Å². The molecular weight excluding hydrogens is 462 g/mol. The summed E-state index contributed by atoms with van der Waals surface area (Å²) in [5, 5.41) is 6.57. The van der Waals surface area contributed by atoms with Crippen LogP contribution in [0.25, 0.3) is 10.4 Å². The van der Waals surface area contributed by atoms with Crippen LogP contribution in [-0.2, 0) is 15.8 Å². The van der Waals surface area contributed by atoms with Crippen LogP contribution in [-0.4, -0.2) is 27.6 Å². The predicted molar refractivity (Wildman–Crippen MR) is 151 cm³/mol. The van der Waals surface area contributed by atoms with Crippen LogP contribution in [0.1, 0.15) is 46.1 Å². The molecule has 3 aromatic carbocycles. The van der Waals surface area contributed by atoms with Crippen molar-refractivity contribution in [3.05, 3.63) is 107 Å². The molecule has 0 fully saturated rings. The van der Waals surface area contributed by atoms with Crippen LogP contribution < -0.4 is 10.4 Å². The first-order valence-electron chi connectivity index (χ1n) is 12.8. The first kappa shape index (κ1) is 27.7. The molecule has 0 unspecified atom stereocenters. The number of nitrogens with zero attached hydrogens (tertiary/aromatic N) is 3. The Morgan fingerprint density at radius 3 is 1.89 bits per heavy atom. The van der Waals surface area contributed by atoms with Crippen molar-refractivity contribution < 1.29 is 9.16 Å². The van der Waals surface area contributed by atoms with Gasteiger partial charge in [-0.25, -0.2) is 0 Å². The average Bonchev–Trinajstić information content (AvgIpc) is 2.89. The molecule has 0 aliphatic heterocycles. The van der Waals surface area contributed by atoms with Crippen molar-refractivity contribution in [3.63, 3.8) is 0 Å². The fourth-order valence-electron chi connectivity index (χ4n) is 4.81. The third kappa shape index (κ3) is 7.08. The number of hydrogen-bond donors (Lipinski definition) is 0. The van der Waals surface area contributed by atoms with Crippen molar-refractivity contribution in [2.75, 3.05) is 13.2 Å². The van der Waals surface area contributed by atoms with E-state index in [1.165, 1.54) is 10.4 Å². The quantitative estimate of drug-likeness (QED) is 0.0842. The molecule has 2 atom stereocenters. The summed E-state index contributed by atoms with van der Waals surface area (Å²) in [5.41, 5.74) is 10.4. The minimum absolute atomic E-state index is 0.0803. The smallest absolute Gasteiger partial charge is 0.261 e. The first-order valence-corrected chi connectivity index (χ1v) is 14.7. The van der Waals surface area contributed by atoms with Gasteiger partial charge in [0, 0.05) is 24.2 Å². The normalized spacial score (nSPS) is 13.6. The van der Waals surface area contributed by atoms with Gasteiger partial charge in [-0.05, 0) is 45.3 Å². The van der Waals surface area contributed by atoms with Crippen molar-refractivity contribution in [2.45, 2.75) is 58.2 Å². The summed E-state index contributed by atoms with van der Waals surface area (Å²) in [6.45, 7) is 10.7. The third-order valence-electron chi connectivity index (χ3n) is 6.74. The SMILES string of the molecule is C[C@H](CO[Si](c1ccccc1)(c1ccccc1)C(C)(C)C)[C@H](CCCOCc1ccccc1)N=[N+]=[N-]. The molecule has 190 valence electrons. The topological polar surface area (TPSA) is 67.2 Å². The highest BCUT2D eigenvalue weighted by Crippen LogP contribution is 2.37. The number of rotatable bonds is 13. The number of hydrogen-bond acceptors (Lipinski definition) is 3. The molecule has 0 amide bonds. The lowest BCUT2D eigenvalue weighted by molar-refractivity contribution is 0.113. The van der Waals surface area contributed by atoms with E-state index in [-0.39, 0.29) is 17.0 Å². The molecule has 5 nitrogen and oxygen atoms in total. The molecule has 6 heteroatoms. The second-order valence-electron chi connectivity index (χ2n) is 10.4. The van der Waals surface area contributed by atoms with E-state index in [9.17, 15) is 5.53 Å². The Hall–Kier alpha value is -2.89. The van der Waals surface area contributed by atoms with Crippen LogP contribution in [0.4, 0.5) is 0 Å². The lowest BCUT2D eigenvalue weighted by Crippen LogP contribution is -2.67. The van der Waals surface area contributed by atoms with Gasteiger partial charge in [-0.2, -0.15) is 0 Å². The Morgan fingerprint density at radius 1 is 0.861 bits per heavy atom.